The normalized spacial score (nSPS) is 13.0. The van der Waals surface area contributed by atoms with Gasteiger partial charge < -0.3 is 9.30 Å². The van der Waals surface area contributed by atoms with Gasteiger partial charge in [-0.15, -0.1) is 0 Å². The number of fused-ring (bicyclic) bond motifs is 3. The summed E-state index contributed by atoms with van der Waals surface area (Å²) in [7, 11) is 3.16. The van der Waals surface area contributed by atoms with E-state index in [1.165, 1.54) is 11.5 Å². The minimum Gasteiger partial charge on any atom is -0.383 e. The van der Waals surface area contributed by atoms with Gasteiger partial charge in [-0.25, -0.2) is 9.36 Å². The van der Waals surface area contributed by atoms with E-state index in [4.69, 9.17) is 4.74 Å². The van der Waals surface area contributed by atoms with Gasteiger partial charge in [0, 0.05) is 32.6 Å². The molecule has 0 aromatic carbocycles. The summed E-state index contributed by atoms with van der Waals surface area (Å²) in [6.45, 7) is 5.89. The van der Waals surface area contributed by atoms with E-state index in [1.54, 1.807) is 31.7 Å². The van der Waals surface area contributed by atoms with Crippen molar-refractivity contribution in [3.63, 3.8) is 0 Å². The Labute approximate surface area is 143 Å². The van der Waals surface area contributed by atoms with Gasteiger partial charge in [0.1, 0.15) is 0 Å². The van der Waals surface area contributed by atoms with Gasteiger partial charge >= 0.3 is 5.69 Å². The molecule has 9 nitrogen and oxygen atoms in total. The maximum atomic E-state index is 13.0. The highest BCUT2D eigenvalue weighted by atomic mass is 16.5. The number of carbonyl (C=O) groups is 1. The van der Waals surface area contributed by atoms with Crippen LogP contribution in [0.25, 0.3) is 16.9 Å². The van der Waals surface area contributed by atoms with Crippen molar-refractivity contribution in [2.75, 3.05) is 13.7 Å². The van der Waals surface area contributed by atoms with Crippen molar-refractivity contribution in [2.45, 2.75) is 33.4 Å². The molecule has 0 amide bonds. The van der Waals surface area contributed by atoms with Crippen molar-refractivity contribution < 1.29 is 9.53 Å². The lowest BCUT2D eigenvalue weighted by Crippen LogP contribution is -2.42. The van der Waals surface area contributed by atoms with Gasteiger partial charge in [-0.05, 0) is 20.8 Å². The zero-order valence-corrected chi connectivity index (χ0v) is 14.9. The molecule has 0 aliphatic carbocycles. The molecule has 3 rings (SSSR count). The van der Waals surface area contributed by atoms with Gasteiger partial charge in [-0.3, -0.25) is 18.6 Å². The third-order valence-electron chi connectivity index (χ3n) is 4.58. The Morgan fingerprint density at radius 3 is 2.64 bits per heavy atom. The summed E-state index contributed by atoms with van der Waals surface area (Å²) >= 11 is 0. The fourth-order valence-corrected chi connectivity index (χ4v) is 3.00. The smallest absolute Gasteiger partial charge is 0.333 e. The Hall–Kier alpha value is -2.68. The molecule has 0 radical (unpaired) electrons. The first kappa shape index (κ1) is 17.2. The van der Waals surface area contributed by atoms with Gasteiger partial charge in [0.25, 0.3) is 5.56 Å². The lowest BCUT2D eigenvalue weighted by molar-refractivity contribution is -0.119. The molecule has 0 aliphatic heterocycles. The number of imidazole rings is 2. The molecule has 0 spiro atoms. The van der Waals surface area contributed by atoms with Gasteiger partial charge in [0.2, 0.25) is 5.78 Å². The summed E-state index contributed by atoms with van der Waals surface area (Å²) in [5.41, 5.74) is 0.423. The molecule has 25 heavy (non-hydrogen) atoms. The summed E-state index contributed by atoms with van der Waals surface area (Å²) in [4.78, 5) is 41.7. The average molecular weight is 347 g/mol. The summed E-state index contributed by atoms with van der Waals surface area (Å²) in [5, 5.41) is 0. The molecule has 0 saturated heterocycles. The fourth-order valence-electron chi connectivity index (χ4n) is 3.00. The van der Waals surface area contributed by atoms with E-state index in [9.17, 15) is 14.4 Å². The molecule has 3 aromatic rings. The molecule has 0 N–H and O–H groups in total. The minimum absolute atomic E-state index is 0.256. The highest BCUT2D eigenvalue weighted by Gasteiger charge is 2.23. The Morgan fingerprint density at radius 1 is 1.36 bits per heavy atom. The monoisotopic (exact) mass is 347 g/mol. The molecule has 9 heteroatoms. The predicted molar refractivity (Wildman–Crippen MR) is 92.2 cm³/mol. The summed E-state index contributed by atoms with van der Waals surface area (Å²) < 4.78 is 11.0. The van der Waals surface area contributed by atoms with Crippen molar-refractivity contribution in [3.05, 3.63) is 32.7 Å². The van der Waals surface area contributed by atoms with E-state index in [2.05, 4.69) is 4.98 Å². The third kappa shape index (κ3) is 2.42. The van der Waals surface area contributed by atoms with E-state index in [0.717, 1.165) is 10.3 Å². The average Bonchev–Trinajstić information content (AvgIpc) is 3.06. The molecule has 0 saturated carbocycles. The van der Waals surface area contributed by atoms with Crippen LogP contribution in [0.4, 0.5) is 0 Å². The van der Waals surface area contributed by atoms with Gasteiger partial charge in [0.05, 0.1) is 12.6 Å². The number of hydrogen-bond acceptors (Lipinski definition) is 5. The van der Waals surface area contributed by atoms with Crippen LogP contribution >= 0.6 is 0 Å². The number of aryl methyl sites for hydroxylation is 2. The molecule has 3 aromatic heterocycles. The topological polar surface area (TPSA) is 92.5 Å². The summed E-state index contributed by atoms with van der Waals surface area (Å²) in [6, 6.07) is -0.835. The van der Waals surface area contributed by atoms with Gasteiger partial charge in [-0.2, -0.15) is 4.98 Å². The second-order valence-corrected chi connectivity index (χ2v) is 6.17. The molecule has 3 heterocycles. The molecule has 134 valence electrons. The van der Waals surface area contributed by atoms with E-state index in [-0.39, 0.29) is 11.3 Å². The highest BCUT2D eigenvalue weighted by molar-refractivity contribution is 5.80. The van der Waals surface area contributed by atoms with Crippen LogP contribution in [0.1, 0.15) is 25.6 Å². The summed E-state index contributed by atoms with van der Waals surface area (Å²) in [6.07, 6.45) is 1.80. The number of ketones is 1. The van der Waals surface area contributed by atoms with Crippen LogP contribution in [-0.4, -0.2) is 42.6 Å². The number of rotatable bonds is 5. The first-order valence-corrected chi connectivity index (χ1v) is 7.98. The van der Waals surface area contributed by atoms with Crippen molar-refractivity contribution in [2.24, 2.45) is 7.05 Å². The Kier molecular flexibility index (Phi) is 4.11. The first-order valence-electron chi connectivity index (χ1n) is 7.98. The fraction of sp³-hybridized carbons (Fsp3) is 0.500. The Bertz CT molecular complexity index is 1100. The van der Waals surface area contributed by atoms with Gasteiger partial charge in [-0.1, -0.05) is 0 Å². The van der Waals surface area contributed by atoms with Crippen molar-refractivity contribution in [1.82, 2.24) is 23.1 Å². The zero-order valence-electron chi connectivity index (χ0n) is 14.9. The van der Waals surface area contributed by atoms with Crippen LogP contribution in [0.5, 0.6) is 0 Å². The number of aromatic nitrogens is 5. The second kappa shape index (κ2) is 5.99. The molecule has 0 bridgehead atoms. The van der Waals surface area contributed by atoms with E-state index in [1.807, 2.05) is 11.5 Å². The molecular formula is C16H21N5O4. The van der Waals surface area contributed by atoms with Crippen molar-refractivity contribution in [1.29, 1.82) is 0 Å². The Balaban J connectivity index is 2.42. The molecule has 1 unspecified atom stereocenters. The van der Waals surface area contributed by atoms with Crippen LogP contribution in [0.3, 0.4) is 0 Å². The molecule has 0 fully saturated rings. The first-order chi connectivity index (χ1) is 11.8. The number of hydrogen-bond donors (Lipinski definition) is 0. The molecule has 0 aliphatic rings. The third-order valence-corrected chi connectivity index (χ3v) is 4.58. The summed E-state index contributed by atoms with van der Waals surface area (Å²) in [5.74, 6) is 0.304. The van der Waals surface area contributed by atoms with Crippen LogP contribution in [-0.2, 0) is 23.1 Å². The van der Waals surface area contributed by atoms with Gasteiger partial charge in [0.15, 0.2) is 16.9 Å². The zero-order chi connectivity index (χ0) is 18.5. The van der Waals surface area contributed by atoms with Crippen LogP contribution in [0.15, 0.2) is 15.8 Å². The predicted octanol–water partition coefficient (Wildman–Crippen LogP) is 0.254. The minimum atomic E-state index is -0.835. The standard InChI is InChI=1S/C16H21N5O4/c1-9-8-20-12-13(17-15(20)19(9)6-7-25-5)18(4)16(24)21(14(12)23)10(2)11(3)22/h8,10H,6-7H2,1-5H3. The second-order valence-electron chi connectivity index (χ2n) is 6.17. The van der Waals surface area contributed by atoms with Crippen molar-refractivity contribution in [3.8, 4) is 0 Å². The van der Waals surface area contributed by atoms with Crippen LogP contribution < -0.4 is 11.2 Å². The van der Waals surface area contributed by atoms with E-state index < -0.39 is 17.3 Å². The number of nitrogens with zero attached hydrogens (tertiary/aromatic N) is 5. The largest absolute Gasteiger partial charge is 0.383 e. The number of Topliss-reactive ketones (excluding diaryl/α,β-unsaturated/α-hetero) is 1. The van der Waals surface area contributed by atoms with E-state index >= 15 is 0 Å². The maximum absolute atomic E-state index is 13.0. The highest BCUT2D eigenvalue weighted by Crippen LogP contribution is 2.16. The SMILES string of the molecule is COCCn1c(C)cn2c3c(=O)n(C(C)C(C)=O)c(=O)n(C)c3nc12. The molecule has 1 atom stereocenters. The molecular weight excluding hydrogens is 326 g/mol. The number of methoxy groups -OCH3 is 1. The number of ether oxygens (including phenoxy) is 1. The van der Waals surface area contributed by atoms with Crippen LogP contribution in [0, 0.1) is 6.92 Å². The number of carbonyl (C=O) groups excluding carboxylic acids is 1. The lowest BCUT2D eigenvalue weighted by atomic mass is 10.2. The Morgan fingerprint density at radius 2 is 2.04 bits per heavy atom. The maximum Gasteiger partial charge on any atom is 0.333 e. The quantitative estimate of drug-likeness (QED) is 0.660. The van der Waals surface area contributed by atoms with E-state index in [0.29, 0.717) is 24.6 Å². The van der Waals surface area contributed by atoms with Crippen molar-refractivity contribution >= 4 is 22.7 Å². The van der Waals surface area contributed by atoms with Crippen LogP contribution in [0.2, 0.25) is 0 Å². The lowest BCUT2D eigenvalue weighted by Gasteiger charge is -2.12.